The molecule has 164 valence electrons. The number of aromatic nitrogens is 1. The monoisotopic (exact) mass is 422 g/mol. The van der Waals surface area contributed by atoms with Gasteiger partial charge in [-0.1, -0.05) is 12.1 Å². The summed E-state index contributed by atoms with van der Waals surface area (Å²) in [5, 5.41) is 8.54. The van der Waals surface area contributed by atoms with Crippen LogP contribution in [0.15, 0.2) is 46.6 Å². The predicted octanol–water partition coefficient (Wildman–Crippen LogP) is 4.69. The zero-order valence-electron chi connectivity index (χ0n) is 18.3. The van der Waals surface area contributed by atoms with Crippen molar-refractivity contribution in [1.29, 1.82) is 0 Å². The van der Waals surface area contributed by atoms with Crippen molar-refractivity contribution in [3.63, 3.8) is 0 Å². The summed E-state index contributed by atoms with van der Waals surface area (Å²) in [6, 6.07) is 10.6. The number of azo groups is 1. The summed E-state index contributed by atoms with van der Waals surface area (Å²) in [6.45, 7) is 5.59. The van der Waals surface area contributed by atoms with Crippen LogP contribution in [0.25, 0.3) is 0 Å². The van der Waals surface area contributed by atoms with Gasteiger partial charge in [0.05, 0.1) is 5.69 Å². The Bertz CT molecular complexity index is 958. The van der Waals surface area contributed by atoms with E-state index >= 15 is 0 Å². The lowest BCUT2D eigenvalue weighted by molar-refractivity contribution is 0.0455. The topological polar surface area (TPSA) is 96.4 Å². The third-order valence-corrected chi connectivity index (χ3v) is 6.54. The largest absolute Gasteiger partial charge is 0.415 e. The van der Waals surface area contributed by atoms with E-state index in [-0.39, 0.29) is 6.09 Å². The van der Waals surface area contributed by atoms with Gasteiger partial charge in [0.1, 0.15) is 17.2 Å². The normalized spacial score (nSPS) is 19.1. The molecule has 2 aromatic rings. The summed E-state index contributed by atoms with van der Waals surface area (Å²) in [7, 11) is 2.18. The lowest BCUT2D eigenvalue weighted by Gasteiger charge is -2.45. The number of nitrogens with two attached hydrogens (primary N) is 1. The molecule has 2 fully saturated rings. The van der Waals surface area contributed by atoms with Gasteiger partial charge in [0.25, 0.3) is 0 Å². The first-order valence-corrected chi connectivity index (χ1v) is 10.8. The molecule has 0 bridgehead atoms. The van der Waals surface area contributed by atoms with Crippen LogP contribution in [0.2, 0.25) is 0 Å². The van der Waals surface area contributed by atoms with E-state index in [2.05, 4.69) is 27.2 Å². The molecule has 1 amide bonds. The molecule has 2 aliphatic rings. The van der Waals surface area contributed by atoms with Gasteiger partial charge in [0.2, 0.25) is 0 Å². The molecule has 8 nitrogen and oxygen atoms in total. The number of piperidine rings is 2. The van der Waals surface area contributed by atoms with Crippen LogP contribution in [0.3, 0.4) is 0 Å². The number of carbonyl (C=O) groups excluding carboxylic acids is 1. The fourth-order valence-electron chi connectivity index (χ4n) is 4.33. The van der Waals surface area contributed by atoms with Gasteiger partial charge in [-0.15, -0.1) is 10.2 Å². The number of amides is 1. The van der Waals surface area contributed by atoms with E-state index in [1.807, 2.05) is 24.0 Å². The number of pyridine rings is 1. The standard InChI is InChI=1S/C23H30N6O2/c1-17-18(7-8-21(24)25-17)26-27-19-5-3-4-6-20(19)31-22(30)29-15-11-23(12-16-29)9-13-28(2)14-10-23/h3-8H,9-16H2,1-2H3,(H2,24,25)/b27-26+. The highest BCUT2D eigenvalue weighted by Crippen LogP contribution is 2.41. The molecule has 2 saturated heterocycles. The van der Waals surface area contributed by atoms with E-state index in [0.717, 1.165) is 39.0 Å². The van der Waals surface area contributed by atoms with Crippen LogP contribution in [0, 0.1) is 12.3 Å². The number of likely N-dealkylation sites (tertiary alicyclic amines) is 2. The van der Waals surface area contributed by atoms with Crippen LogP contribution < -0.4 is 10.5 Å². The zero-order valence-corrected chi connectivity index (χ0v) is 18.3. The fraction of sp³-hybridized carbons (Fsp3) is 0.478. The summed E-state index contributed by atoms with van der Waals surface area (Å²) in [5.74, 6) is 0.839. The van der Waals surface area contributed by atoms with Crippen molar-refractivity contribution in [2.75, 3.05) is 39.0 Å². The minimum atomic E-state index is -0.323. The zero-order chi connectivity index (χ0) is 21.8. The van der Waals surface area contributed by atoms with Gasteiger partial charge < -0.3 is 20.3 Å². The third kappa shape index (κ3) is 5.02. The van der Waals surface area contributed by atoms with Crippen molar-refractivity contribution >= 4 is 23.3 Å². The smallest absolute Gasteiger partial charge is 0.408 e. The summed E-state index contributed by atoms with van der Waals surface area (Å²) in [5.41, 5.74) is 7.88. The molecular weight excluding hydrogens is 392 g/mol. The lowest BCUT2D eigenvalue weighted by atomic mass is 9.71. The summed E-state index contributed by atoms with van der Waals surface area (Å²) in [6.07, 6.45) is 4.20. The number of para-hydroxylation sites is 1. The van der Waals surface area contributed by atoms with Crippen LogP contribution in [0.4, 0.5) is 22.0 Å². The Balaban J connectivity index is 1.40. The van der Waals surface area contributed by atoms with Gasteiger partial charge in [-0.3, -0.25) is 0 Å². The number of carbonyl (C=O) groups is 1. The maximum atomic E-state index is 12.8. The molecule has 0 saturated carbocycles. The SMILES string of the molecule is Cc1nc(N)ccc1/N=N/c1ccccc1OC(=O)N1CCC2(CCN(C)CC2)CC1. The first-order chi connectivity index (χ1) is 14.9. The lowest BCUT2D eigenvalue weighted by Crippen LogP contribution is -2.48. The van der Waals surface area contributed by atoms with Gasteiger partial charge in [-0.25, -0.2) is 9.78 Å². The van der Waals surface area contributed by atoms with Gasteiger partial charge >= 0.3 is 6.09 Å². The van der Waals surface area contributed by atoms with E-state index in [4.69, 9.17) is 10.5 Å². The van der Waals surface area contributed by atoms with E-state index in [0.29, 0.717) is 34.1 Å². The Labute approximate surface area is 183 Å². The first-order valence-electron chi connectivity index (χ1n) is 10.8. The second-order valence-electron chi connectivity index (χ2n) is 8.67. The molecule has 1 aromatic heterocycles. The van der Waals surface area contributed by atoms with Crippen molar-refractivity contribution in [3.05, 3.63) is 42.1 Å². The van der Waals surface area contributed by atoms with Crippen LogP contribution in [-0.2, 0) is 0 Å². The van der Waals surface area contributed by atoms with Crippen LogP contribution in [0.5, 0.6) is 5.75 Å². The number of nitrogen functional groups attached to an aromatic ring is 1. The van der Waals surface area contributed by atoms with E-state index in [1.54, 1.807) is 24.3 Å². The Morgan fingerprint density at radius 2 is 1.65 bits per heavy atom. The number of rotatable bonds is 3. The molecule has 0 unspecified atom stereocenters. The second-order valence-corrected chi connectivity index (χ2v) is 8.67. The molecule has 1 aromatic carbocycles. The third-order valence-electron chi connectivity index (χ3n) is 6.54. The maximum Gasteiger partial charge on any atom is 0.415 e. The molecule has 0 atom stereocenters. The van der Waals surface area contributed by atoms with Crippen LogP contribution in [0.1, 0.15) is 31.4 Å². The minimum Gasteiger partial charge on any atom is -0.408 e. The predicted molar refractivity (Wildman–Crippen MR) is 120 cm³/mol. The highest BCUT2D eigenvalue weighted by molar-refractivity contribution is 5.73. The van der Waals surface area contributed by atoms with Crippen molar-refractivity contribution in [3.8, 4) is 5.75 Å². The molecule has 4 rings (SSSR count). The number of hydrogen-bond acceptors (Lipinski definition) is 7. The first kappa shape index (κ1) is 21.2. The average Bonchev–Trinajstić information content (AvgIpc) is 2.77. The van der Waals surface area contributed by atoms with E-state index < -0.39 is 0 Å². The van der Waals surface area contributed by atoms with Gasteiger partial charge in [-0.2, -0.15) is 0 Å². The summed E-state index contributed by atoms with van der Waals surface area (Å²) >= 11 is 0. The molecule has 2 N–H and O–H groups in total. The molecular formula is C23H30N6O2. The number of hydrogen-bond donors (Lipinski definition) is 1. The van der Waals surface area contributed by atoms with E-state index in [9.17, 15) is 4.79 Å². The van der Waals surface area contributed by atoms with Crippen LogP contribution >= 0.6 is 0 Å². The Kier molecular flexibility index (Phi) is 6.18. The summed E-state index contributed by atoms with van der Waals surface area (Å²) in [4.78, 5) is 21.2. The van der Waals surface area contributed by atoms with Gasteiger partial charge in [-0.05, 0) is 82.4 Å². The number of nitrogens with zero attached hydrogens (tertiary/aromatic N) is 5. The number of anilines is 1. The van der Waals surface area contributed by atoms with Crippen molar-refractivity contribution < 1.29 is 9.53 Å². The highest BCUT2D eigenvalue weighted by atomic mass is 16.6. The van der Waals surface area contributed by atoms with Crippen molar-refractivity contribution in [2.24, 2.45) is 15.6 Å². The number of benzene rings is 1. The fourth-order valence-corrected chi connectivity index (χ4v) is 4.33. The Hall–Kier alpha value is -3.00. The molecule has 1 spiro atoms. The quantitative estimate of drug-likeness (QED) is 0.724. The van der Waals surface area contributed by atoms with Gasteiger partial charge in [0.15, 0.2) is 5.75 Å². The Morgan fingerprint density at radius 1 is 1.00 bits per heavy atom. The van der Waals surface area contributed by atoms with Crippen molar-refractivity contribution in [2.45, 2.75) is 32.6 Å². The molecule has 2 aliphatic heterocycles. The number of ether oxygens (including phenoxy) is 1. The minimum absolute atomic E-state index is 0.323. The van der Waals surface area contributed by atoms with Crippen molar-refractivity contribution in [1.82, 2.24) is 14.8 Å². The summed E-state index contributed by atoms with van der Waals surface area (Å²) < 4.78 is 5.70. The highest BCUT2D eigenvalue weighted by Gasteiger charge is 2.38. The average molecular weight is 423 g/mol. The second kappa shape index (κ2) is 9.01. The van der Waals surface area contributed by atoms with Gasteiger partial charge in [0, 0.05) is 13.1 Å². The van der Waals surface area contributed by atoms with Crippen LogP contribution in [-0.4, -0.2) is 54.1 Å². The van der Waals surface area contributed by atoms with E-state index in [1.165, 1.54) is 12.8 Å². The molecule has 0 aliphatic carbocycles. The molecule has 3 heterocycles. The molecule has 31 heavy (non-hydrogen) atoms. The number of aryl methyl sites for hydroxylation is 1. The maximum absolute atomic E-state index is 12.8. The molecule has 0 radical (unpaired) electrons. The molecule has 8 heteroatoms. The Morgan fingerprint density at radius 3 is 2.35 bits per heavy atom.